The number of carbonyl (C=O) groups is 2. The summed E-state index contributed by atoms with van der Waals surface area (Å²) in [4.78, 5) is 24.6. The number of halogens is 2. The smallest absolute Gasteiger partial charge is 0.342 e. The fraction of sp³-hybridized carbons (Fsp3) is 0.222. The van der Waals surface area contributed by atoms with Crippen LogP contribution in [0.15, 0.2) is 36.4 Å². The van der Waals surface area contributed by atoms with Gasteiger partial charge in [0.1, 0.15) is 11.3 Å². The van der Waals surface area contributed by atoms with Gasteiger partial charge >= 0.3 is 5.97 Å². The normalized spacial score (nSPS) is 11.6. The Hall–Kier alpha value is -2.24. The monoisotopic (exact) mass is 381 g/mol. The number of anilines is 1. The maximum atomic E-state index is 12.3. The molecule has 2 aromatic rings. The molecule has 0 heterocycles. The van der Waals surface area contributed by atoms with Crippen LogP contribution in [0.4, 0.5) is 5.69 Å². The minimum Gasteiger partial charge on any atom is -0.496 e. The second kappa shape index (κ2) is 8.23. The molecule has 5 nitrogen and oxygen atoms in total. The van der Waals surface area contributed by atoms with Crippen molar-refractivity contribution in [3.8, 4) is 5.75 Å². The molecule has 0 aliphatic rings. The van der Waals surface area contributed by atoms with Crippen LogP contribution in [0.1, 0.15) is 22.8 Å². The van der Waals surface area contributed by atoms with Crippen LogP contribution in [0.2, 0.25) is 10.0 Å². The first-order valence-electron chi connectivity index (χ1n) is 7.43. The van der Waals surface area contributed by atoms with Crippen molar-refractivity contribution in [2.45, 2.75) is 20.0 Å². The topological polar surface area (TPSA) is 64.6 Å². The van der Waals surface area contributed by atoms with Gasteiger partial charge in [-0.15, -0.1) is 0 Å². The van der Waals surface area contributed by atoms with E-state index in [0.29, 0.717) is 21.5 Å². The second-order valence-electron chi connectivity index (χ2n) is 5.36. The van der Waals surface area contributed by atoms with Crippen LogP contribution in [-0.4, -0.2) is 25.1 Å². The van der Waals surface area contributed by atoms with Crippen molar-refractivity contribution in [3.63, 3.8) is 0 Å². The Morgan fingerprint density at radius 1 is 1.12 bits per heavy atom. The lowest BCUT2D eigenvalue weighted by atomic mass is 10.1. The third-order valence-corrected chi connectivity index (χ3v) is 3.96. The largest absolute Gasteiger partial charge is 0.496 e. The zero-order valence-electron chi connectivity index (χ0n) is 13.9. The van der Waals surface area contributed by atoms with Crippen LogP contribution in [0, 0.1) is 6.92 Å². The molecule has 132 valence electrons. The molecule has 1 unspecified atom stereocenters. The average Bonchev–Trinajstić information content (AvgIpc) is 2.57. The molecule has 0 radical (unpaired) electrons. The number of ether oxygens (including phenoxy) is 2. The number of methoxy groups -OCH3 is 1. The van der Waals surface area contributed by atoms with Crippen molar-refractivity contribution in [1.29, 1.82) is 0 Å². The lowest BCUT2D eigenvalue weighted by Crippen LogP contribution is -2.30. The first kappa shape index (κ1) is 19.1. The van der Waals surface area contributed by atoms with Crippen LogP contribution in [0.3, 0.4) is 0 Å². The lowest BCUT2D eigenvalue weighted by Gasteiger charge is -2.15. The zero-order chi connectivity index (χ0) is 18.6. The molecule has 0 spiro atoms. The van der Waals surface area contributed by atoms with E-state index < -0.39 is 18.0 Å². The molecule has 1 amide bonds. The van der Waals surface area contributed by atoms with Gasteiger partial charge < -0.3 is 14.8 Å². The van der Waals surface area contributed by atoms with Crippen molar-refractivity contribution in [2.24, 2.45) is 0 Å². The molecule has 0 fully saturated rings. The molecule has 2 aromatic carbocycles. The van der Waals surface area contributed by atoms with Crippen molar-refractivity contribution in [1.82, 2.24) is 0 Å². The molecular formula is C18H17Cl2NO4. The van der Waals surface area contributed by atoms with E-state index in [2.05, 4.69) is 5.32 Å². The molecule has 0 saturated carbocycles. The highest BCUT2D eigenvalue weighted by molar-refractivity contribution is 6.36. The van der Waals surface area contributed by atoms with Gasteiger partial charge in [-0.25, -0.2) is 4.79 Å². The second-order valence-corrected chi connectivity index (χ2v) is 6.21. The van der Waals surface area contributed by atoms with Crippen LogP contribution in [0.5, 0.6) is 5.75 Å². The summed E-state index contributed by atoms with van der Waals surface area (Å²) in [6.45, 7) is 3.31. The van der Waals surface area contributed by atoms with Gasteiger partial charge in [0.15, 0.2) is 6.10 Å². The molecular weight excluding hydrogens is 365 g/mol. The fourth-order valence-corrected chi connectivity index (χ4v) is 2.54. The summed E-state index contributed by atoms with van der Waals surface area (Å²) in [7, 11) is 1.46. The average molecular weight is 382 g/mol. The lowest BCUT2D eigenvalue weighted by molar-refractivity contribution is -0.123. The summed E-state index contributed by atoms with van der Waals surface area (Å²) in [6, 6.07) is 9.80. The number of benzene rings is 2. The van der Waals surface area contributed by atoms with Gasteiger partial charge in [0, 0.05) is 5.02 Å². The highest BCUT2D eigenvalue weighted by Gasteiger charge is 2.22. The van der Waals surface area contributed by atoms with E-state index in [1.807, 2.05) is 13.0 Å². The molecule has 0 aromatic heterocycles. The number of nitrogens with one attached hydrogen (secondary N) is 1. The Labute approximate surface area is 155 Å². The van der Waals surface area contributed by atoms with E-state index in [9.17, 15) is 9.59 Å². The summed E-state index contributed by atoms with van der Waals surface area (Å²) in [6.07, 6.45) is -1.02. The first-order chi connectivity index (χ1) is 11.8. The van der Waals surface area contributed by atoms with E-state index in [4.69, 9.17) is 32.7 Å². The fourth-order valence-electron chi connectivity index (χ4n) is 2.08. The Morgan fingerprint density at radius 3 is 2.48 bits per heavy atom. The number of hydrogen-bond donors (Lipinski definition) is 1. The number of rotatable bonds is 5. The summed E-state index contributed by atoms with van der Waals surface area (Å²) < 4.78 is 10.4. The number of hydrogen-bond acceptors (Lipinski definition) is 4. The van der Waals surface area contributed by atoms with Gasteiger partial charge in [0.05, 0.1) is 17.8 Å². The van der Waals surface area contributed by atoms with Crippen molar-refractivity contribution in [3.05, 3.63) is 57.6 Å². The maximum absolute atomic E-state index is 12.3. The highest BCUT2D eigenvalue weighted by Crippen LogP contribution is 2.26. The minimum atomic E-state index is -1.02. The molecule has 1 N–H and O–H groups in total. The van der Waals surface area contributed by atoms with Crippen LogP contribution >= 0.6 is 23.2 Å². The van der Waals surface area contributed by atoms with Crippen LogP contribution in [0.25, 0.3) is 0 Å². The van der Waals surface area contributed by atoms with Crippen molar-refractivity contribution >= 4 is 40.8 Å². The summed E-state index contributed by atoms with van der Waals surface area (Å²) in [5, 5.41) is 3.34. The molecule has 0 aliphatic heterocycles. The van der Waals surface area contributed by atoms with Gasteiger partial charge in [0.25, 0.3) is 5.91 Å². The molecule has 7 heteroatoms. The summed E-state index contributed by atoms with van der Waals surface area (Å²) >= 11 is 11.8. The third-order valence-electron chi connectivity index (χ3n) is 3.42. The quantitative estimate of drug-likeness (QED) is 0.774. The maximum Gasteiger partial charge on any atom is 0.342 e. The Kier molecular flexibility index (Phi) is 6.28. The predicted molar refractivity (Wildman–Crippen MR) is 97.7 cm³/mol. The van der Waals surface area contributed by atoms with Crippen LogP contribution < -0.4 is 10.1 Å². The van der Waals surface area contributed by atoms with Crippen molar-refractivity contribution in [2.75, 3.05) is 12.4 Å². The number of carbonyl (C=O) groups excluding carboxylic acids is 2. The van der Waals surface area contributed by atoms with E-state index in [-0.39, 0.29) is 5.56 Å². The van der Waals surface area contributed by atoms with E-state index in [0.717, 1.165) is 5.56 Å². The summed E-state index contributed by atoms with van der Waals surface area (Å²) in [5.74, 6) is -0.779. The Morgan fingerprint density at radius 2 is 1.84 bits per heavy atom. The van der Waals surface area contributed by atoms with Gasteiger partial charge in [0.2, 0.25) is 0 Å². The standard InChI is InChI=1S/C18H17Cl2NO4/c1-10-4-7-16(24-3)13(8-10)18(23)25-11(2)17(22)21-15-6-5-12(19)9-14(15)20/h4-9,11H,1-3H3,(H,21,22). The number of esters is 1. The first-order valence-corrected chi connectivity index (χ1v) is 8.19. The van der Waals surface area contributed by atoms with Gasteiger partial charge in [-0.2, -0.15) is 0 Å². The SMILES string of the molecule is COc1ccc(C)cc1C(=O)OC(C)C(=O)Nc1ccc(Cl)cc1Cl. The number of aryl methyl sites for hydroxylation is 1. The third kappa shape index (κ3) is 4.87. The molecule has 0 aliphatic carbocycles. The molecule has 0 saturated heterocycles. The highest BCUT2D eigenvalue weighted by atomic mass is 35.5. The number of amides is 1. The van der Waals surface area contributed by atoms with E-state index >= 15 is 0 Å². The van der Waals surface area contributed by atoms with Gasteiger partial charge in [-0.05, 0) is 44.2 Å². The van der Waals surface area contributed by atoms with Gasteiger partial charge in [-0.1, -0.05) is 34.8 Å². The molecule has 2 rings (SSSR count). The zero-order valence-corrected chi connectivity index (χ0v) is 15.4. The molecule has 25 heavy (non-hydrogen) atoms. The summed E-state index contributed by atoms with van der Waals surface area (Å²) in [5.41, 5.74) is 1.51. The predicted octanol–water partition coefficient (Wildman–Crippen LogP) is 4.49. The van der Waals surface area contributed by atoms with E-state index in [1.165, 1.54) is 20.1 Å². The van der Waals surface area contributed by atoms with E-state index in [1.54, 1.807) is 24.3 Å². The van der Waals surface area contributed by atoms with Gasteiger partial charge in [-0.3, -0.25) is 4.79 Å². The molecule has 0 bridgehead atoms. The van der Waals surface area contributed by atoms with Crippen molar-refractivity contribution < 1.29 is 19.1 Å². The minimum absolute atomic E-state index is 0.256. The van der Waals surface area contributed by atoms with Crippen LogP contribution in [-0.2, 0) is 9.53 Å². The molecule has 1 atom stereocenters. The Balaban J connectivity index is 2.08. The Bertz CT molecular complexity index is 808.